The van der Waals surface area contributed by atoms with Crippen LogP contribution in [0, 0.1) is 12.8 Å². The van der Waals surface area contributed by atoms with Crippen molar-refractivity contribution in [1.29, 1.82) is 0 Å². The molecule has 1 heterocycles. The van der Waals surface area contributed by atoms with Crippen molar-refractivity contribution < 1.29 is 14.7 Å². The Morgan fingerprint density at radius 3 is 2.67 bits per heavy atom. The van der Waals surface area contributed by atoms with Crippen LogP contribution in [0.3, 0.4) is 0 Å². The molecule has 0 saturated heterocycles. The minimum Gasteiger partial charge on any atom is -0.481 e. The molecule has 126 valence electrons. The molecule has 1 amide bonds. The second kappa shape index (κ2) is 6.65. The van der Waals surface area contributed by atoms with Gasteiger partial charge in [0.05, 0.1) is 22.9 Å². The van der Waals surface area contributed by atoms with Gasteiger partial charge in [-0.25, -0.2) is 4.68 Å². The van der Waals surface area contributed by atoms with Gasteiger partial charge in [0, 0.05) is 17.3 Å². The normalized spacial score (nSPS) is 20.1. The molecule has 1 aliphatic rings. The summed E-state index contributed by atoms with van der Waals surface area (Å²) < 4.78 is 1.61. The molecule has 2 aromatic rings. The smallest absolute Gasteiger partial charge is 0.308 e. The van der Waals surface area contributed by atoms with E-state index < -0.39 is 11.9 Å². The topological polar surface area (TPSA) is 84.2 Å². The van der Waals surface area contributed by atoms with Crippen LogP contribution in [-0.2, 0) is 4.79 Å². The van der Waals surface area contributed by atoms with Gasteiger partial charge in [-0.15, -0.1) is 0 Å². The van der Waals surface area contributed by atoms with E-state index in [-0.39, 0.29) is 11.9 Å². The number of hydrogen-bond donors (Lipinski definition) is 2. The van der Waals surface area contributed by atoms with Crippen molar-refractivity contribution in [2.24, 2.45) is 5.92 Å². The Bertz CT molecular complexity index is 770. The zero-order valence-electron chi connectivity index (χ0n) is 13.2. The van der Waals surface area contributed by atoms with E-state index in [0.717, 1.165) is 12.1 Å². The van der Waals surface area contributed by atoms with Gasteiger partial charge in [-0.3, -0.25) is 9.59 Å². The number of carbonyl (C=O) groups excluding carboxylic acids is 1. The summed E-state index contributed by atoms with van der Waals surface area (Å²) in [6.07, 6.45) is 3.75. The summed E-state index contributed by atoms with van der Waals surface area (Å²) in [7, 11) is 0. The number of carboxylic acids is 1. The molecule has 1 aromatic heterocycles. The van der Waals surface area contributed by atoms with E-state index in [2.05, 4.69) is 10.4 Å². The predicted molar refractivity (Wildman–Crippen MR) is 89.5 cm³/mol. The van der Waals surface area contributed by atoms with Crippen LogP contribution in [0.1, 0.15) is 35.3 Å². The summed E-state index contributed by atoms with van der Waals surface area (Å²) >= 11 is 5.88. The molecule has 1 aromatic carbocycles. The Morgan fingerprint density at radius 2 is 2.00 bits per heavy atom. The third kappa shape index (κ3) is 3.28. The monoisotopic (exact) mass is 347 g/mol. The summed E-state index contributed by atoms with van der Waals surface area (Å²) in [6, 6.07) is 6.81. The van der Waals surface area contributed by atoms with Crippen LogP contribution in [0.5, 0.6) is 0 Å². The standard InChI is InChI=1S/C17H18ClN3O3/c1-10-14(9-21(20-10)12-7-5-11(18)6-8-12)16(22)19-15-4-2-3-13(15)17(23)24/h5-9,13,15H,2-4H2,1H3,(H,19,22)(H,23,24)/t13-,15-/m0/s1. The number of aliphatic carboxylic acids is 1. The zero-order valence-corrected chi connectivity index (χ0v) is 14.0. The van der Waals surface area contributed by atoms with Crippen molar-refractivity contribution in [2.45, 2.75) is 32.2 Å². The van der Waals surface area contributed by atoms with Crippen LogP contribution in [-0.4, -0.2) is 32.8 Å². The minimum atomic E-state index is -0.855. The third-order valence-corrected chi connectivity index (χ3v) is 4.64. The largest absolute Gasteiger partial charge is 0.481 e. The quantitative estimate of drug-likeness (QED) is 0.890. The first-order valence-corrected chi connectivity index (χ1v) is 8.19. The number of aromatic nitrogens is 2. The molecule has 0 aliphatic heterocycles. The first-order chi connectivity index (χ1) is 11.5. The molecule has 7 heteroatoms. The predicted octanol–water partition coefficient (Wildman–Crippen LogP) is 2.82. The molecule has 0 radical (unpaired) electrons. The summed E-state index contributed by atoms with van der Waals surface area (Å²) in [4.78, 5) is 23.7. The number of benzene rings is 1. The maximum absolute atomic E-state index is 12.5. The first kappa shape index (κ1) is 16.5. The third-order valence-electron chi connectivity index (χ3n) is 4.38. The average molecular weight is 348 g/mol. The molecule has 0 unspecified atom stereocenters. The fourth-order valence-corrected chi connectivity index (χ4v) is 3.21. The van der Waals surface area contributed by atoms with E-state index in [1.54, 1.807) is 29.9 Å². The number of hydrogen-bond acceptors (Lipinski definition) is 3. The molecule has 24 heavy (non-hydrogen) atoms. The number of aryl methyl sites for hydroxylation is 1. The summed E-state index contributed by atoms with van der Waals surface area (Å²) in [6.45, 7) is 1.75. The van der Waals surface area contributed by atoms with Gasteiger partial charge in [-0.1, -0.05) is 18.0 Å². The lowest BCUT2D eigenvalue weighted by Crippen LogP contribution is -2.40. The molecule has 2 atom stereocenters. The number of rotatable bonds is 4. The second-order valence-corrected chi connectivity index (χ2v) is 6.44. The first-order valence-electron chi connectivity index (χ1n) is 7.81. The Labute approximate surface area is 144 Å². The van der Waals surface area contributed by atoms with Crippen molar-refractivity contribution in [1.82, 2.24) is 15.1 Å². The summed E-state index contributed by atoms with van der Waals surface area (Å²) in [5.41, 5.74) is 1.83. The molecular weight excluding hydrogens is 330 g/mol. The number of nitrogens with one attached hydrogen (secondary N) is 1. The van der Waals surface area contributed by atoms with Crippen LogP contribution in [0.15, 0.2) is 30.5 Å². The van der Waals surface area contributed by atoms with Crippen LogP contribution >= 0.6 is 11.6 Å². The highest BCUT2D eigenvalue weighted by Gasteiger charge is 2.34. The van der Waals surface area contributed by atoms with E-state index in [4.69, 9.17) is 11.6 Å². The number of carbonyl (C=O) groups is 2. The summed E-state index contributed by atoms with van der Waals surface area (Å²) in [5, 5.41) is 17.0. The number of carboxylic acid groups (broad SMARTS) is 1. The van der Waals surface area contributed by atoms with E-state index in [9.17, 15) is 14.7 Å². The van der Waals surface area contributed by atoms with Gasteiger partial charge in [0.1, 0.15) is 0 Å². The van der Waals surface area contributed by atoms with Gasteiger partial charge < -0.3 is 10.4 Å². The highest BCUT2D eigenvalue weighted by Crippen LogP contribution is 2.26. The molecule has 0 spiro atoms. The maximum atomic E-state index is 12.5. The van der Waals surface area contributed by atoms with Gasteiger partial charge in [0.2, 0.25) is 0 Å². The van der Waals surface area contributed by atoms with Gasteiger partial charge in [0.15, 0.2) is 0 Å². The van der Waals surface area contributed by atoms with E-state index in [1.807, 2.05) is 12.1 Å². The lowest BCUT2D eigenvalue weighted by molar-refractivity contribution is -0.142. The lowest BCUT2D eigenvalue weighted by atomic mass is 10.0. The molecule has 0 bridgehead atoms. The molecule has 1 aliphatic carbocycles. The molecule has 6 nitrogen and oxygen atoms in total. The lowest BCUT2D eigenvalue weighted by Gasteiger charge is -2.17. The Kier molecular flexibility index (Phi) is 4.57. The van der Waals surface area contributed by atoms with E-state index >= 15 is 0 Å². The van der Waals surface area contributed by atoms with Crippen LogP contribution < -0.4 is 5.32 Å². The van der Waals surface area contributed by atoms with Gasteiger partial charge in [-0.2, -0.15) is 5.10 Å². The molecule has 1 saturated carbocycles. The van der Waals surface area contributed by atoms with Crippen LogP contribution in [0.25, 0.3) is 5.69 Å². The highest BCUT2D eigenvalue weighted by atomic mass is 35.5. The fraction of sp³-hybridized carbons (Fsp3) is 0.353. The van der Waals surface area contributed by atoms with Gasteiger partial charge in [0.25, 0.3) is 5.91 Å². The molecule has 1 fully saturated rings. The SMILES string of the molecule is Cc1nn(-c2ccc(Cl)cc2)cc1C(=O)N[C@H]1CCC[C@@H]1C(=O)O. The zero-order chi connectivity index (χ0) is 17.3. The maximum Gasteiger partial charge on any atom is 0.308 e. The van der Waals surface area contributed by atoms with Crippen LogP contribution in [0.4, 0.5) is 0 Å². The van der Waals surface area contributed by atoms with Gasteiger partial charge in [-0.05, 0) is 44.0 Å². The van der Waals surface area contributed by atoms with Crippen molar-refractivity contribution in [2.75, 3.05) is 0 Å². The Hall–Kier alpha value is -2.34. The van der Waals surface area contributed by atoms with Crippen molar-refractivity contribution >= 4 is 23.5 Å². The molecule has 2 N–H and O–H groups in total. The van der Waals surface area contributed by atoms with Crippen molar-refractivity contribution in [3.63, 3.8) is 0 Å². The van der Waals surface area contributed by atoms with Crippen molar-refractivity contribution in [3.8, 4) is 5.69 Å². The summed E-state index contributed by atoms with van der Waals surface area (Å²) in [5.74, 6) is -1.65. The number of amides is 1. The Balaban J connectivity index is 1.78. The van der Waals surface area contributed by atoms with Crippen LogP contribution in [0.2, 0.25) is 5.02 Å². The van der Waals surface area contributed by atoms with E-state index in [1.165, 1.54) is 0 Å². The average Bonchev–Trinajstić information content (AvgIpc) is 3.14. The minimum absolute atomic E-state index is 0.286. The van der Waals surface area contributed by atoms with Gasteiger partial charge >= 0.3 is 5.97 Å². The van der Waals surface area contributed by atoms with Crippen molar-refractivity contribution in [3.05, 3.63) is 46.7 Å². The number of halogens is 1. The second-order valence-electron chi connectivity index (χ2n) is 6.00. The highest BCUT2D eigenvalue weighted by molar-refractivity contribution is 6.30. The number of nitrogens with zero attached hydrogens (tertiary/aromatic N) is 2. The van der Waals surface area contributed by atoms with E-state index in [0.29, 0.717) is 29.1 Å². The molecule has 3 rings (SSSR count). The fourth-order valence-electron chi connectivity index (χ4n) is 3.08. The molecular formula is C17H18ClN3O3. The Morgan fingerprint density at radius 1 is 1.29 bits per heavy atom.